The second-order valence-corrected chi connectivity index (χ2v) is 7.25. The van der Waals surface area contributed by atoms with Crippen LogP contribution >= 0.6 is 0 Å². The first kappa shape index (κ1) is 24.5. The number of hydrogen-bond acceptors (Lipinski definition) is 7. The van der Waals surface area contributed by atoms with E-state index >= 15 is 0 Å². The van der Waals surface area contributed by atoms with Crippen LogP contribution in [0, 0.1) is 0 Å². The number of carbonyl (C=O) groups is 2. The molecule has 170 valence electrons. The number of carbonyl (C=O) groups excluding carboxylic acids is 2. The molecule has 0 heterocycles. The lowest BCUT2D eigenvalue weighted by molar-refractivity contribution is -0.139. The SMILES string of the molecule is C=CC(=O)OCCOc1cc(C2CCCCC2)c(OCCOC(=O)C=C)cc1CCO. The van der Waals surface area contributed by atoms with Gasteiger partial charge in [0, 0.05) is 29.9 Å². The van der Waals surface area contributed by atoms with E-state index in [9.17, 15) is 14.7 Å². The molecule has 0 aromatic heterocycles. The molecule has 7 heteroatoms. The lowest BCUT2D eigenvalue weighted by Crippen LogP contribution is -2.15. The molecule has 1 fully saturated rings. The standard InChI is InChI=1S/C24H32O7/c1-3-23(26)30-14-12-28-21-17-20(18-8-6-5-7-9-18)22(16-19(21)10-11-25)29-13-15-31-24(27)4-2/h3-4,16-18,25H,1-2,5-15H2. The lowest BCUT2D eigenvalue weighted by Gasteiger charge is -2.26. The normalized spacial score (nSPS) is 13.8. The summed E-state index contributed by atoms with van der Waals surface area (Å²) in [6.45, 7) is 7.34. The number of ether oxygens (including phenoxy) is 4. The number of benzene rings is 1. The zero-order chi connectivity index (χ0) is 22.5. The minimum Gasteiger partial charge on any atom is -0.490 e. The van der Waals surface area contributed by atoms with E-state index in [2.05, 4.69) is 13.2 Å². The van der Waals surface area contributed by atoms with E-state index in [0.29, 0.717) is 18.1 Å². The van der Waals surface area contributed by atoms with Gasteiger partial charge in [0.1, 0.15) is 37.9 Å². The maximum absolute atomic E-state index is 11.2. The molecule has 0 atom stereocenters. The van der Waals surface area contributed by atoms with Gasteiger partial charge in [0.05, 0.1) is 0 Å². The molecule has 1 saturated carbocycles. The third-order valence-electron chi connectivity index (χ3n) is 5.12. The Morgan fingerprint density at radius 3 is 2.03 bits per heavy atom. The van der Waals surface area contributed by atoms with Crippen molar-refractivity contribution in [2.45, 2.75) is 44.4 Å². The van der Waals surface area contributed by atoms with Gasteiger partial charge in [-0.3, -0.25) is 0 Å². The molecule has 0 amide bonds. The molecule has 0 radical (unpaired) electrons. The van der Waals surface area contributed by atoms with Crippen LogP contribution < -0.4 is 9.47 Å². The number of hydrogen-bond donors (Lipinski definition) is 1. The lowest BCUT2D eigenvalue weighted by atomic mass is 9.83. The van der Waals surface area contributed by atoms with Gasteiger partial charge >= 0.3 is 11.9 Å². The molecule has 1 aromatic rings. The van der Waals surface area contributed by atoms with Crippen molar-refractivity contribution in [3.63, 3.8) is 0 Å². The predicted octanol–water partition coefficient (Wildman–Crippen LogP) is 3.49. The highest BCUT2D eigenvalue weighted by atomic mass is 16.6. The molecule has 31 heavy (non-hydrogen) atoms. The van der Waals surface area contributed by atoms with Crippen LogP contribution in [0.1, 0.15) is 49.1 Å². The number of esters is 2. The Kier molecular flexibility index (Phi) is 10.6. The molecule has 0 bridgehead atoms. The van der Waals surface area contributed by atoms with Crippen LogP contribution in [0.3, 0.4) is 0 Å². The smallest absolute Gasteiger partial charge is 0.330 e. The van der Waals surface area contributed by atoms with Crippen molar-refractivity contribution in [1.82, 2.24) is 0 Å². The number of aliphatic hydroxyl groups is 1. The van der Waals surface area contributed by atoms with Gasteiger partial charge in [-0.25, -0.2) is 9.59 Å². The van der Waals surface area contributed by atoms with Crippen molar-refractivity contribution in [2.24, 2.45) is 0 Å². The van der Waals surface area contributed by atoms with Gasteiger partial charge in [-0.05, 0) is 37.3 Å². The van der Waals surface area contributed by atoms with E-state index in [1.807, 2.05) is 12.1 Å². The molecular weight excluding hydrogens is 400 g/mol. The minimum absolute atomic E-state index is 0.0407. The molecule has 0 saturated heterocycles. The van der Waals surface area contributed by atoms with E-state index < -0.39 is 11.9 Å². The van der Waals surface area contributed by atoms with Crippen molar-refractivity contribution < 1.29 is 33.6 Å². The quantitative estimate of drug-likeness (QED) is 0.290. The molecule has 0 aliphatic heterocycles. The van der Waals surface area contributed by atoms with Crippen LogP contribution in [0.4, 0.5) is 0 Å². The fourth-order valence-electron chi connectivity index (χ4n) is 3.63. The average molecular weight is 433 g/mol. The largest absolute Gasteiger partial charge is 0.490 e. The summed E-state index contributed by atoms with van der Waals surface area (Å²) in [6, 6.07) is 3.86. The summed E-state index contributed by atoms with van der Waals surface area (Å²) in [6.07, 6.45) is 8.30. The van der Waals surface area contributed by atoms with Crippen molar-refractivity contribution >= 4 is 11.9 Å². The molecule has 1 aliphatic carbocycles. The van der Waals surface area contributed by atoms with Crippen LogP contribution in [0.15, 0.2) is 37.4 Å². The molecule has 0 spiro atoms. The summed E-state index contributed by atoms with van der Waals surface area (Å²) in [5.41, 5.74) is 1.85. The maximum atomic E-state index is 11.2. The van der Waals surface area contributed by atoms with Crippen molar-refractivity contribution in [1.29, 1.82) is 0 Å². The molecule has 1 aromatic carbocycles. The van der Waals surface area contributed by atoms with Gasteiger partial charge in [-0.2, -0.15) is 0 Å². The Balaban J connectivity index is 2.17. The van der Waals surface area contributed by atoms with Gasteiger partial charge in [-0.15, -0.1) is 0 Å². The predicted molar refractivity (Wildman–Crippen MR) is 116 cm³/mol. The zero-order valence-corrected chi connectivity index (χ0v) is 18.0. The van der Waals surface area contributed by atoms with Gasteiger partial charge in [0.2, 0.25) is 0 Å². The van der Waals surface area contributed by atoms with Crippen LogP contribution in [0.25, 0.3) is 0 Å². The van der Waals surface area contributed by atoms with Gasteiger partial charge in [0.25, 0.3) is 0 Å². The van der Waals surface area contributed by atoms with E-state index in [0.717, 1.165) is 54.7 Å². The average Bonchev–Trinajstić information content (AvgIpc) is 2.80. The van der Waals surface area contributed by atoms with E-state index in [1.54, 1.807) is 0 Å². The van der Waals surface area contributed by atoms with E-state index in [4.69, 9.17) is 18.9 Å². The Bertz CT molecular complexity index is 751. The highest BCUT2D eigenvalue weighted by Crippen LogP contribution is 2.41. The summed E-state index contributed by atoms with van der Waals surface area (Å²) in [7, 11) is 0. The first-order valence-corrected chi connectivity index (χ1v) is 10.7. The molecule has 2 rings (SSSR count). The highest BCUT2D eigenvalue weighted by molar-refractivity contribution is 5.81. The first-order valence-electron chi connectivity index (χ1n) is 10.7. The van der Waals surface area contributed by atoms with Crippen molar-refractivity contribution in [2.75, 3.05) is 33.0 Å². The van der Waals surface area contributed by atoms with Gasteiger partial charge in [0.15, 0.2) is 0 Å². The summed E-state index contributed by atoms with van der Waals surface area (Å²) in [4.78, 5) is 22.4. The maximum Gasteiger partial charge on any atom is 0.330 e. The van der Waals surface area contributed by atoms with Crippen LogP contribution in [-0.4, -0.2) is 50.1 Å². The molecule has 1 aliphatic rings. The summed E-state index contributed by atoms with van der Waals surface area (Å²) < 4.78 is 21.8. The van der Waals surface area contributed by atoms with E-state index in [1.165, 1.54) is 6.42 Å². The number of rotatable bonds is 13. The molecular formula is C24H32O7. The second kappa shape index (κ2) is 13.5. The number of aliphatic hydroxyl groups excluding tert-OH is 1. The third kappa shape index (κ3) is 8.09. The van der Waals surface area contributed by atoms with Crippen LogP contribution in [0.5, 0.6) is 11.5 Å². The zero-order valence-electron chi connectivity index (χ0n) is 18.0. The molecule has 1 N–H and O–H groups in total. The fourth-order valence-corrected chi connectivity index (χ4v) is 3.63. The van der Waals surface area contributed by atoms with Crippen molar-refractivity contribution in [3.05, 3.63) is 48.6 Å². The molecule has 7 nitrogen and oxygen atoms in total. The van der Waals surface area contributed by atoms with Crippen LogP contribution in [0.2, 0.25) is 0 Å². The summed E-state index contributed by atoms with van der Waals surface area (Å²) >= 11 is 0. The van der Waals surface area contributed by atoms with E-state index in [-0.39, 0.29) is 33.0 Å². The minimum atomic E-state index is -0.497. The Hall–Kier alpha value is -2.80. The molecule has 0 unspecified atom stereocenters. The van der Waals surface area contributed by atoms with Gasteiger partial charge in [-0.1, -0.05) is 32.4 Å². The van der Waals surface area contributed by atoms with Crippen LogP contribution in [-0.2, 0) is 25.5 Å². The third-order valence-corrected chi connectivity index (χ3v) is 5.12. The second-order valence-electron chi connectivity index (χ2n) is 7.25. The highest BCUT2D eigenvalue weighted by Gasteiger charge is 2.22. The fraction of sp³-hybridized carbons (Fsp3) is 0.500. The Morgan fingerprint density at radius 2 is 1.48 bits per heavy atom. The Morgan fingerprint density at radius 1 is 0.903 bits per heavy atom. The first-order chi connectivity index (χ1) is 15.1. The van der Waals surface area contributed by atoms with Crippen molar-refractivity contribution in [3.8, 4) is 11.5 Å². The summed E-state index contributed by atoms with van der Waals surface area (Å²) in [5.74, 6) is 0.731. The summed E-state index contributed by atoms with van der Waals surface area (Å²) in [5, 5.41) is 9.49. The Labute approximate surface area is 183 Å². The topological polar surface area (TPSA) is 91.3 Å². The van der Waals surface area contributed by atoms with Gasteiger partial charge < -0.3 is 24.1 Å². The monoisotopic (exact) mass is 432 g/mol.